The van der Waals surface area contributed by atoms with Gasteiger partial charge in [0.25, 0.3) is 10.2 Å². The quantitative estimate of drug-likeness (QED) is 0.816. The number of piperazine rings is 1. The average molecular weight is 353 g/mol. The van der Waals surface area contributed by atoms with Crippen LogP contribution in [0.2, 0.25) is 0 Å². The van der Waals surface area contributed by atoms with Crippen molar-refractivity contribution in [2.24, 2.45) is 5.92 Å². The van der Waals surface area contributed by atoms with Crippen LogP contribution in [0.25, 0.3) is 0 Å². The summed E-state index contributed by atoms with van der Waals surface area (Å²) in [5.74, 6) is 2.27. The molecule has 0 amide bonds. The van der Waals surface area contributed by atoms with Crippen LogP contribution in [-0.2, 0) is 10.2 Å². The van der Waals surface area contributed by atoms with E-state index in [0.717, 1.165) is 30.2 Å². The molecule has 0 unspecified atom stereocenters. The maximum Gasteiger partial charge on any atom is 0.282 e. The summed E-state index contributed by atoms with van der Waals surface area (Å²) in [5, 5.41) is 0. The molecule has 8 heteroatoms. The Labute approximate surface area is 144 Å². The molecule has 0 aliphatic carbocycles. The fourth-order valence-corrected chi connectivity index (χ4v) is 5.01. The van der Waals surface area contributed by atoms with Gasteiger partial charge >= 0.3 is 0 Å². The van der Waals surface area contributed by atoms with E-state index in [1.165, 1.54) is 0 Å². The third-order valence-electron chi connectivity index (χ3n) is 4.91. The lowest BCUT2D eigenvalue weighted by atomic mass is 10.0. The SMILES string of the molecule is Cc1cc(N2CCN(S(=O)(=O)N3CCC(C)CC3)CC2)nc(C)n1. The van der Waals surface area contributed by atoms with Crippen molar-refractivity contribution < 1.29 is 8.42 Å². The van der Waals surface area contributed by atoms with E-state index in [2.05, 4.69) is 21.8 Å². The van der Waals surface area contributed by atoms with E-state index in [1.807, 2.05) is 19.9 Å². The first kappa shape index (κ1) is 17.6. The van der Waals surface area contributed by atoms with Crippen LogP contribution in [0.3, 0.4) is 0 Å². The third-order valence-corrected chi connectivity index (χ3v) is 6.95. The minimum atomic E-state index is -3.32. The molecule has 0 bridgehead atoms. The van der Waals surface area contributed by atoms with Crippen LogP contribution < -0.4 is 4.90 Å². The molecular formula is C16H27N5O2S. The van der Waals surface area contributed by atoms with Gasteiger partial charge in [-0.05, 0) is 32.6 Å². The van der Waals surface area contributed by atoms with E-state index >= 15 is 0 Å². The van der Waals surface area contributed by atoms with Crippen molar-refractivity contribution in [1.29, 1.82) is 0 Å². The fraction of sp³-hybridized carbons (Fsp3) is 0.750. The minimum Gasteiger partial charge on any atom is -0.354 e. The van der Waals surface area contributed by atoms with Gasteiger partial charge in [0.05, 0.1) is 0 Å². The summed E-state index contributed by atoms with van der Waals surface area (Å²) in [5.41, 5.74) is 0.940. The second-order valence-corrected chi connectivity index (χ2v) is 8.82. The van der Waals surface area contributed by atoms with E-state index < -0.39 is 10.2 Å². The Kier molecular flexibility index (Phi) is 5.08. The number of nitrogens with zero attached hydrogens (tertiary/aromatic N) is 5. The summed E-state index contributed by atoms with van der Waals surface area (Å²) in [6.45, 7) is 9.67. The van der Waals surface area contributed by atoms with Crippen molar-refractivity contribution >= 4 is 16.0 Å². The highest BCUT2D eigenvalue weighted by molar-refractivity contribution is 7.86. The first-order valence-corrected chi connectivity index (χ1v) is 10.1. The van der Waals surface area contributed by atoms with Crippen LogP contribution in [0.5, 0.6) is 0 Å². The number of anilines is 1. The fourth-order valence-electron chi connectivity index (χ4n) is 3.39. The Morgan fingerprint density at radius 1 is 0.958 bits per heavy atom. The summed E-state index contributed by atoms with van der Waals surface area (Å²) in [7, 11) is -3.32. The number of piperidine rings is 1. The predicted molar refractivity (Wildman–Crippen MR) is 94.2 cm³/mol. The maximum atomic E-state index is 12.8. The van der Waals surface area contributed by atoms with Crippen molar-refractivity contribution in [3.05, 3.63) is 17.6 Å². The van der Waals surface area contributed by atoms with Crippen LogP contribution in [0.4, 0.5) is 5.82 Å². The van der Waals surface area contributed by atoms with Gasteiger partial charge in [-0.25, -0.2) is 9.97 Å². The van der Waals surface area contributed by atoms with Crippen molar-refractivity contribution in [3.63, 3.8) is 0 Å². The van der Waals surface area contributed by atoms with Crippen molar-refractivity contribution in [2.45, 2.75) is 33.6 Å². The first-order chi connectivity index (χ1) is 11.4. The van der Waals surface area contributed by atoms with Gasteiger partial charge in [-0.3, -0.25) is 0 Å². The summed E-state index contributed by atoms with van der Waals surface area (Å²) < 4.78 is 28.9. The monoisotopic (exact) mass is 353 g/mol. The molecule has 2 saturated heterocycles. The molecular weight excluding hydrogens is 326 g/mol. The molecule has 24 heavy (non-hydrogen) atoms. The molecule has 0 radical (unpaired) electrons. The molecule has 0 N–H and O–H groups in total. The highest BCUT2D eigenvalue weighted by atomic mass is 32.2. The number of rotatable bonds is 3. The largest absolute Gasteiger partial charge is 0.354 e. The van der Waals surface area contributed by atoms with E-state index in [-0.39, 0.29) is 0 Å². The van der Waals surface area contributed by atoms with Crippen LogP contribution in [0.1, 0.15) is 31.3 Å². The lowest BCUT2D eigenvalue weighted by molar-refractivity contribution is 0.260. The van der Waals surface area contributed by atoms with E-state index in [0.29, 0.717) is 45.2 Å². The Morgan fingerprint density at radius 3 is 2.12 bits per heavy atom. The summed E-state index contributed by atoms with van der Waals surface area (Å²) in [6, 6.07) is 1.96. The Morgan fingerprint density at radius 2 is 1.54 bits per heavy atom. The number of hydrogen-bond donors (Lipinski definition) is 0. The molecule has 2 aliphatic heterocycles. The van der Waals surface area contributed by atoms with Crippen molar-refractivity contribution in [3.8, 4) is 0 Å². The summed E-state index contributed by atoms with van der Waals surface area (Å²) in [4.78, 5) is 10.9. The Bertz CT molecular complexity index is 657. The van der Waals surface area contributed by atoms with Gasteiger partial charge in [0, 0.05) is 51.0 Å². The zero-order valence-corrected chi connectivity index (χ0v) is 15.6. The molecule has 2 aliphatic rings. The topological polar surface area (TPSA) is 69.6 Å². The highest BCUT2D eigenvalue weighted by Gasteiger charge is 2.34. The van der Waals surface area contributed by atoms with Gasteiger partial charge in [0.2, 0.25) is 0 Å². The molecule has 1 aromatic rings. The molecule has 0 spiro atoms. The number of aryl methyl sites for hydroxylation is 2. The molecule has 0 aromatic carbocycles. The van der Waals surface area contributed by atoms with Crippen LogP contribution in [-0.4, -0.2) is 66.3 Å². The first-order valence-electron chi connectivity index (χ1n) is 8.69. The number of hydrogen-bond acceptors (Lipinski definition) is 5. The lowest BCUT2D eigenvalue weighted by Crippen LogP contribution is -2.54. The molecule has 1 aromatic heterocycles. The maximum absolute atomic E-state index is 12.8. The zero-order valence-electron chi connectivity index (χ0n) is 14.8. The smallest absolute Gasteiger partial charge is 0.282 e. The van der Waals surface area contributed by atoms with Gasteiger partial charge in [-0.15, -0.1) is 0 Å². The molecule has 134 valence electrons. The Balaban J connectivity index is 1.64. The van der Waals surface area contributed by atoms with Crippen LogP contribution in [0, 0.1) is 19.8 Å². The zero-order chi connectivity index (χ0) is 17.3. The summed E-state index contributed by atoms with van der Waals surface area (Å²) in [6.07, 6.45) is 1.91. The molecule has 0 atom stereocenters. The van der Waals surface area contributed by atoms with Crippen molar-refractivity contribution in [2.75, 3.05) is 44.2 Å². The normalized spacial score (nSPS) is 22.0. The summed E-state index contributed by atoms with van der Waals surface area (Å²) >= 11 is 0. The van der Waals surface area contributed by atoms with Gasteiger partial charge in [-0.2, -0.15) is 17.0 Å². The van der Waals surface area contributed by atoms with E-state index in [4.69, 9.17) is 0 Å². The second-order valence-electron chi connectivity index (χ2n) is 6.89. The standard InChI is InChI=1S/C16H27N5O2S/c1-13-4-6-20(7-5-13)24(22,23)21-10-8-19(9-11-21)16-12-14(2)17-15(3)18-16/h12-13H,4-11H2,1-3H3. The van der Waals surface area contributed by atoms with Gasteiger partial charge in [-0.1, -0.05) is 6.92 Å². The predicted octanol–water partition coefficient (Wildman–Crippen LogP) is 1.19. The molecule has 3 rings (SSSR count). The van der Waals surface area contributed by atoms with Gasteiger partial charge in [0.15, 0.2) is 0 Å². The van der Waals surface area contributed by atoms with Gasteiger partial charge < -0.3 is 4.90 Å². The van der Waals surface area contributed by atoms with Gasteiger partial charge in [0.1, 0.15) is 11.6 Å². The van der Waals surface area contributed by atoms with E-state index in [1.54, 1.807) is 8.61 Å². The Hall–Kier alpha value is -1.25. The number of aromatic nitrogens is 2. The highest BCUT2D eigenvalue weighted by Crippen LogP contribution is 2.22. The molecule has 7 nitrogen and oxygen atoms in total. The molecule has 0 saturated carbocycles. The van der Waals surface area contributed by atoms with Crippen LogP contribution >= 0.6 is 0 Å². The molecule has 3 heterocycles. The average Bonchev–Trinajstić information content (AvgIpc) is 2.54. The minimum absolute atomic E-state index is 0.510. The van der Waals surface area contributed by atoms with Crippen molar-refractivity contribution in [1.82, 2.24) is 18.6 Å². The van der Waals surface area contributed by atoms with Crippen LogP contribution in [0.15, 0.2) is 6.07 Å². The third kappa shape index (κ3) is 3.70. The second kappa shape index (κ2) is 6.93. The lowest BCUT2D eigenvalue weighted by Gasteiger charge is -2.38. The van der Waals surface area contributed by atoms with E-state index in [9.17, 15) is 8.42 Å². The molecule has 2 fully saturated rings.